The minimum atomic E-state index is -0.492. The first-order valence-electron chi connectivity index (χ1n) is 11.0. The minimum Gasteiger partial charge on any atom is -0.493 e. The van der Waals surface area contributed by atoms with E-state index >= 15 is 0 Å². The number of methoxy groups -OCH3 is 2. The van der Waals surface area contributed by atoms with Gasteiger partial charge in [0.2, 0.25) is 0 Å². The van der Waals surface area contributed by atoms with Gasteiger partial charge in [0.25, 0.3) is 0 Å². The molecular weight excluding hydrogens is 476 g/mol. The summed E-state index contributed by atoms with van der Waals surface area (Å²) in [6.45, 7) is 6.38. The Morgan fingerprint density at radius 2 is 1.66 bits per heavy atom. The normalized spacial score (nSPS) is 10.8. The summed E-state index contributed by atoms with van der Waals surface area (Å²) in [6, 6.07) is 18.6. The van der Waals surface area contributed by atoms with Gasteiger partial charge < -0.3 is 14.8 Å². The van der Waals surface area contributed by atoms with Crippen molar-refractivity contribution in [2.45, 2.75) is 32.7 Å². The van der Waals surface area contributed by atoms with Crippen LogP contribution in [0.1, 0.15) is 30.1 Å². The number of nitrogens with zero attached hydrogens (tertiary/aromatic N) is 3. The van der Waals surface area contributed by atoms with Crippen LogP contribution in [0.4, 0.5) is 5.82 Å². The fourth-order valence-electron chi connectivity index (χ4n) is 3.62. The number of thiophene rings is 1. The van der Waals surface area contributed by atoms with Crippen LogP contribution in [-0.4, -0.2) is 30.4 Å². The first-order valence-corrected chi connectivity index (χ1v) is 12.8. The average molecular weight is 507 g/mol. The van der Waals surface area contributed by atoms with Crippen LogP contribution in [0, 0.1) is 18.3 Å². The van der Waals surface area contributed by atoms with Crippen LogP contribution >= 0.6 is 24.0 Å². The van der Waals surface area contributed by atoms with E-state index in [2.05, 4.69) is 58.2 Å². The lowest BCUT2D eigenvalue weighted by atomic mass is 9.86. The maximum Gasteiger partial charge on any atom is 0.162 e. The van der Waals surface area contributed by atoms with Gasteiger partial charge in [0.05, 0.1) is 37.8 Å². The largest absolute Gasteiger partial charge is 0.493 e. The highest BCUT2D eigenvalue weighted by molar-refractivity contribution is 7.79. The smallest absolute Gasteiger partial charge is 0.162 e. The maximum absolute atomic E-state index is 9.35. The molecule has 1 N–H and O–H groups in total. The number of fused-ring (bicyclic) bond motifs is 1. The van der Waals surface area contributed by atoms with Crippen molar-refractivity contribution in [2.24, 2.45) is 0 Å². The van der Waals surface area contributed by atoms with Crippen molar-refractivity contribution >= 4 is 40.7 Å². The number of nitriles is 1. The predicted molar refractivity (Wildman–Crippen MR) is 148 cm³/mol. The molecule has 0 fully saturated rings. The van der Waals surface area contributed by atoms with Gasteiger partial charge in [-0.3, -0.25) is 0 Å². The lowest BCUT2D eigenvalue weighted by Crippen LogP contribution is -2.13. The van der Waals surface area contributed by atoms with E-state index in [4.69, 9.17) is 9.47 Å². The van der Waals surface area contributed by atoms with Crippen LogP contribution in [0.3, 0.4) is 0 Å². The van der Waals surface area contributed by atoms with Gasteiger partial charge in [-0.2, -0.15) is 17.9 Å². The Hall–Kier alpha value is -3.28. The standard InChI is InChI=1S/C26H26N4O2S.CH4S/c1-16-29-21-13-23(32-5)22(31-4)12-20(21)25(30-16)28-14-19-10-11-24(33-19)17-6-8-18(9-7-17)26(2,3)15-27;1-2/h6-13H,14H2,1-5H3,(H,28,29,30);2H,1H3. The van der Waals surface area contributed by atoms with Crippen LogP contribution in [-0.2, 0) is 12.0 Å². The Kier molecular flexibility index (Phi) is 8.60. The van der Waals surface area contributed by atoms with Gasteiger partial charge in [0.1, 0.15) is 11.6 Å². The first-order chi connectivity index (χ1) is 16.8. The fourth-order valence-corrected chi connectivity index (χ4v) is 4.57. The molecule has 35 heavy (non-hydrogen) atoms. The first kappa shape index (κ1) is 26.3. The molecule has 8 heteroatoms. The van der Waals surface area contributed by atoms with E-state index in [-0.39, 0.29) is 0 Å². The minimum absolute atomic E-state index is 0.492. The molecule has 6 nitrogen and oxygen atoms in total. The zero-order valence-electron chi connectivity index (χ0n) is 20.8. The quantitative estimate of drug-likeness (QED) is 0.273. The molecule has 0 radical (unpaired) electrons. The molecular formula is C27H30N4O2S2. The van der Waals surface area contributed by atoms with E-state index in [9.17, 15) is 5.26 Å². The molecule has 4 rings (SSSR count). The second-order valence-corrected chi connectivity index (χ2v) is 9.45. The third-order valence-electron chi connectivity index (χ3n) is 5.58. The summed E-state index contributed by atoms with van der Waals surface area (Å²) in [5, 5.41) is 13.7. The molecule has 0 unspecified atom stereocenters. The topological polar surface area (TPSA) is 80.1 Å². The van der Waals surface area contributed by atoms with Crippen LogP contribution < -0.4 is 14.8 Å². The molecule has 0 amide bonds. The second kappa shape index (κ2) is 11.4. The van der Waals surface area contributed by atoms with Crippen molar-refractivity contribution in [3.63, 3.8) is 0 Å². The Morgan fingerprint density at radius 3 is 2.29 bits per heavy atom. The number of ether oxygens (including phenoxy) is 2. The van der Waals surface area contributed by atoms with Crippen molar-refractivity contribution in [3.05, 3.63) is 64.8 Å². The van der Waals surface area contributed by atoms with Crippen molar-refractivity contribution in [1.29, 1.82) is 5.26 Å². The van der Waals surface area contributed by atoms with E-state index in [1.165, 1.54) is 9.75 Å². The number of anilines is 1. The molecule has 0 spiro atoms. The highest BCUT2D eigenvalue weighted by Crippen LogP contribution is 2.35. The fraction of sp³-hybridized carbons (Fsp3) is 0.296. The zero-order chi connectivity index (χ0) is 25.6. The molecule has 182 valence electrons. The molecule has 4 aromatic rings. The number of rotatable bonds is 7. The second-order valence-electron chi connectivity index (χ2n) is 8.28. The molecule has 0 saturated heterocycles. The predicted octanol–water partition coefficient (Wildman–Crippen LogP) is 6.64. The van der Waals surface area contributed by atoms with Crippen LogP contribution in [0.15, 0.2) is 48.5 Å². The number of nitrogens with one attached hydrogen (secondary N) is 1. The number of benzene rings is 2. The van der Waals surface area contributed by atoms with E-state index in [0.29, 0.717) is 23.9 Å². The highest BCUT2D eigenvalue weighted by atomic mass is 32.1. The van der Waals surface area contributed by atoms with E-state index in [0.717, 1.165) is 27.8 Å². The summed E-state index contributed by atoms with van der Waals surface area (Å²) >= 11 is 5.26. The Balaban J connectivity index is 0.00000167. The average Bonchev–Trinajstić information content (AvgIpc) is 3.36. The molecule has 0 saturated carbocycles. The monoisotopic (exact) mass is 506 g/mol. The van der Waals surface area contributed by atoms with Gasteiger partial charge in [-0.15, -0.1) is 11.3 Å². The number of hydrogen-bond donors (Lipinski definition) is 2. The third kappa shape index (κ3) is 5.87. The Morgan fingerprint density at radius 1 is 1.00 bits per heavy atom. The van der Waals surface area contributed by atoms with Gasteiger partial charge in [-0.25, -0.2) is 9.97 Å². The number of aryl methyl sites for hydroxylation is 1. The van der Waals surface area contributed by atoms with Gasteiger partial charge >= 0.3 is 0 Å². The van der Waals surface area contributed by atoms with Gasteiger partial charge in [0, 0.05) is 21.2 Å². The SMILES string of the molecule is COc1cc2nc(C)nc(NCc3ccc(-c4ccc(C(C)(C)C#N)cc4)s3)c2cc1OC.CS. The summed E-state index contributed by atoms with van der Waals surface area (Å²) < 4.78 is 10.9. The van der Waals surface area contributed by atoms with E-state index in [1.807, 2.05) is 45.0 Å². The summed E-state index contributed by atoms with van der Waals surface area (Å²) in [5.74, 6) is 2.73. The van der Waals surface area contributed by atoms with Gasteiger partial charge in [-0.1, -0.05) is 24.3 Å². The molecule has 2 aromatic carbocycles. The van der Waals surface area contributed by atoms with E-state index < -0.39 is 5.41 Å². The number of thiol groups is 1. The van der Waals surface area contributed by atoms with Crippen molar-refractivity contribution in [3.8, 4) is 28.0 Å². The van der Waals surface area contributed by atoms with Gasteiger partial charge in [0.15, 0.2) is 11.5 Å². The van der Waals surface area contributed by atoms with E-state index in [1.54, 1.807) is 31.8 Å². The van der Waals surface area contributed by atoms with Crippen LogP contribution in [0.2, 0.25) is 0 Å². The molecule has 0 aliphatic heterocycles. The maximum atomic E-state index is 9.35. The Bertz CT molecular complexity index is 1340. The van der Waals surface area contributed by atoms with Crippen LogP contribution in [0.25, 0.3) is 21.3 Å². The molecule has 0 atom stereocenters. The number of aromatic nitrogens is 2. The van der Waals surface area contributed by atoms with Gasteiger partial charge in [-0.05, 0) is 56.4 Å². The van der Waals surface area contributed by atoms with Crippen LogP contribution in [0.5, 0.6) is 11.5 Å². The summed E-state index contributed by atoms with van der Waals surface area (Å²) in [7, 11) is 3.23. The summed E-state index contributed by atoms with van der Waals surface area (Å²) in [5.41, 5.74) is 2.47. The lowest BCUT2D eigenvalue weighted by Gasteiger charge is -2.15. The molecule has 2 heterocycles. The molecule has 0 aliphatic rings. The zero-order valence-corrected chi connectivity index (χ0v) is 22.6. The molecule has 0 aliphatic carbocycles. The number of hydrogen-bond acceptors (Lipinski definition) is 8. The summed E-state index contributed by atoms with van der Waals surface area (Å²) in [4.78, 5) is 11.5. The highest BCUT2D eigenvalue weighted by Gasteiger charge is 2.19. The molecule has 2 aromatic heterocycles. The third-order valence-corrected chi connectivity index (χ3v) is 6.71. The van der Waals surface area contributed by atoms with Crippen molar-refractivity contribution < 1.29 is 9.47 Å². The Labute approximate surface area is 216 Å². The molecule has 0 bridgehead atoms. The summed E-state index contributed by atoms with van der Waals surface area (Å²) in [6.07, 6.45) is 1.69. The van der Waals surface area contributed by atoms with Crippen molar-refractivity contribution in [1.82, 2.24) is 9.97 Å². The van der Waals surface area contributed by atoms with Crippen molar-refractivity contribution in [2.75, 3.05) is 25.8 Å². The lowest BCUT2D eigenvalue weighted by molar-refractivity contribution is 0.356.